The molecule has 1 unspecified atom stereocenters. The number of rotatable bonds is 4. The first-order chi connectivity index (χ1) is 9.19. The molecular weight excluding hydrogens is 266 g/mol. The second-order valence-electron chi connectivity index (χ2n) is 4.96. The first-order valence-electron chi connectivity index (χ1n) is 6.43. The van der Waals surface area contributed by atoms with E-state index in [1.165, 1.54) is 6.33 Å². The van der Waals surface area contributed by atoms with Gasteiger partial charge in [-0.25, -0.2) is 9.97 Å². The molecule has 2 N–H and O–H groups in total. The van der Waals surface area contributed by atoms with Crippen LogP contribution in [0.15, 0.2) is 6.33 Å². The topological polar surface area (TPSA) is 70.1 Å². The molecule has 1 aliphatic carbocycles. The Morgan fingerprint density at radius 1 is 1.42 bits per heavy atom. The fourth-order valence-electron chi connectivity index (χ4n) is 2.46. The van der Waals surface area contributed by atoms with Gasteiger partial charge in [0, 0.05) is 26.1 Å². The Bertz CT molecular complexity index is 505. The Hall–Kier alpha value is -1.56. The number of nitrogens with zero attached hydrogens (tertiary/aromatic N) is 3. The highest BCUT2D eigenvalue weighted by Crippen LogP contribution is 2.32. The Labute approximate surface area is 116 Å². The van der Waals surface area contributed by atoms with E-state index in [0.717, 1.165) is 19.4 Å². The quantitative estimate of drug-likeness (QED) is 0.815. The molecule has 1 atom stereocenters. The molecule has 6 nitrogen and oxygen atoms in total. The maximum atomic E-state index is 11.9. The molecular formula is C12H16ClN5O. The van der Waals surface area contributed by atoms with Crippen molar-refractivity contribution in [3.63, 3.8) is 0 Å². The summed E-state index contributed by atoms with van der Waals surface area (Å²) < 4.78 is 0. The molecule has 2 aliphatic rings. The Balaban J connectivity index is 1.72. The number of amides is 1. The van der Waals surface area contributed by atoms with Crippen LogP contribution in [-0.4, -0.2) is 46.5 Å². The number of carbonyl (C=O) groups excluding carboxylic acids is 1. The summed E-state index contributed by atoms with van der Waals surface area (Å²) in [5, 5.41) is 6.64. The van der Waals surface area contributed by atoms with E-state index >= 15 is 0 Å². The number of likely N-dealkylation sites (tertiary alicyclic amines) is 1. The third-order valence-corrected chi connectivity index (χ3v) is 3.82. The molecule has 1 amide bonds. The zero-order chi connectivity index (χ0) is 13.4. The second kappa shape index (κ2) is 4.85. The lowest BCUT2D eigenvalue weighted by Gasteiger charge is -2.18. The number of anilines is 2. The third-order valence-electron chi connectivity index (χ3n) is 3.54. The fraction of sp³-hybridized carbons (Fsp3) is 0.583. The molecule has 2 fully saturated rings. The maximum absolute atomic E-state index is 11.9. The van der Waals surface area contributed by atoms with Gasteiger partial charge in [-0.15, -0.1) is 0 Å². The van der Waals surface area contributed by atoms with E-state index in [4.69, 9.17) is 11.6 Å². The second-order valence-corrected chi connectivity index (χ2v) is 5.32. The summed E-state index contributed by atoms with van der Waals surface area (Å²) in [5.74, 6) is 0.879. The first kappa shape index (κ1) is 12.5. The van der Waals surface area contributed by atoms with Gasteiger partial charge in [-0.2, -0.15) is 0 Å². The molecule has 1 saturated heterocycles. The van der Waals surface area contributed by atoms with E-state index in [9.17, 15) is 4.79 Å². The number of hydrogen-bond acceptors (Lipinski definition) is 5. The van der Waals surface area contributed by atoms with Gasteiger partial charge >= 0.3 is 0 Å². The molecule has 0 aromatic carbocycles. The number of nitrogens with one attached hydrogen (secondary N) is 2. The van der Waals surface area contributed by atoms with Crippen LogP contribution in [0, 0.1) is 0 Å². The highest BCUT2D eigenvalue weighted by atomic mass is 35.5. The molecule has 0 bridgehead atoms. The predicted molar refractivity (Wildman–Crippen MR) is 73.4 cm³/mol. The van der Waals surface area contributed by atoms with E-state index in [1.807, 2.05) is 4.90 Å². The van der Waals surface area contributed by atoms with Crippen molar-refractivity contribution in [1.29, 1.82) is 0 Å². The summed E-state index contributed by atoms with van der Waals surface area (Å²) in [6.07, 6.45) is 4.21. The van der Waals surface area contributed by atoms with E-state index in [0.29, 0.717) is 29.1 Å². The Morgan fingerprint density at radius 3 is 2.89 bits per heavy atom. The number of halogens is 1. The van der Waals surface area contributed by atoms with Crippen molar-refractivity contribution in [2.75, 3.05) is 24.2 Å². The van der Waals surface area contributed by atoms with Crippen molar-refractivity contribution < 1.29 is 4.79 Å². The number of hydrogen-bond donors (Lipinski definition) is 2. The average molecular weight is 282 g/mol. The maximum Gasteiger partial charge on any atom is 0.225 e. The van der Waals surface area contributed by atoms with Crippen LogP contribution in [-0.2, 0) is 4.79 Å². The largest absolute Gasteiger partial charge is 0.383 e. The minimum Gasteiger partial charge on any atom is -0.383 e. The zero-order valence-corrected chi connectivity index (χ0v) is 11.4. The van der Waals surface area contributed by atoms with Crippen LogP contribution in [0.3, 0.4) is 0 Å². The molecule has 0 radical (unpaired) electrons. The molecule has 102 valence electrons. The van der Waals surface area contributed by atoms with Crippen LogP contribution in [0.5, 0.6) is 0 Å². The molecule has 1 aliphatic heterocycles. The molecule has 1 aromatic rings. The molecule has 19 heavy (non-hydrogen) atoms. The van der Waals surface area contributed by atoms with Crippen molar-refractivity contribution in [2.45, 2.75) is 31.3 Å². The normalized spacial score (nSPS) is 22.7. The standard InChI is InChI=1S/C12H16ClN5O/c1-14-10-11(13)15-6-16-12(10)17-7-4-9(19)18(5-7)8-2-3-8/h6-8,14H,2-5H2,1H3,(H,15,16,17). The van der Waals surface area contributed by atoms with E-state index < -0.39 is 0 Å². The van der Waals surface area contributed by atoms with Gasteiger partial charge in [-0.05, 0) is 12.8 Å². The lowest BCUT2D eigenvalue weighted by molar-refractivity contribution is -0.128. The summed E-state index contributed by atoms with van der Waals surface area (Å²) >= 11 is 6.00. The van der Waals surface area contributed by atoms with Crippen LogP contribution in [0.25, 0.3) is 0 Å². The molecule has 3 rings (SSSR count). The van der Waals surface area contributed by atoms with Gasteiger partial charge in [0.15, 0.2) is 11.0 Å². The summed E-state index contributed by atoms with van der Waals surface area (Å²) in [6.45, 7) is 0.744. The van der Waals surface area contributed by atoms with Crippen LogP contribution in [0.2, 0.25) is 5.15 Å². The fourth-order valence-corrected chi connectivity index (χ4v) is 2.68. The Kier molecular flexibility index (Phi) is 3.18. The lowest BCUT2D eigenvalue weighted by atomic mass is 10.2. The molecule has 1 aromatic heterocycles. The van der Waals surface area contributed by atoms with Crippen molar-refractivity contribution >= 4 is 29.0 Å². The molecule has 7 heteroatoms. The monoisotopic (exact) mass is 281 g/mol. The summed E-state index contributed by atoms with van der Waals surface area (Å²) in [7, 11) is 1.77. The highest BCUT2D eigenvalue weighted by Gasteiger charge is 2.39. The minimum atomic E-state index is 0.0890. The molecule has 2 heterocycles. The van der Waals surface area contributed by atoms with E-state index in [2.05, 4.69) is 20.6 Å². The van der Waals surface area contributed by atoms with Crippen LogP contribution in [0.1, 0.15) is 19.3 Å². The highest BCUT2D eigenvalue weighted by molar-refractivity contribution is 6.32. The summed E-state index contributed by atoms with van der Waals surface area (Å²) in [4.78, 5) is 22.0. The van der Waals surface area contributed by atoms with Gasteiger partial charge in [0.2, 0.25) is 5.91 Å². The van der Waals surface area contributed by atoms with Crippen molar-refractivity contribution in [3.8, 4) is 0 Å². The van der Waals surface area contributed by atoms with Gasteiger partial charge < -0.3 is 15.5 Å². The predicted octanol–water partition coefficient (Wildman–Crippen LogP) is 1.35. The van der Waals surface area contributed by atoms with Gasteiger partial charge in [0.1, 0.15) is 12.0 Å². The number of aromatic nitrogens is 2. The van der Waals surface area contributed by atoms with Crippen molar-refractivity contribution in [3.05, 3.63) is 11.5 Å². The Morgan fingerprint density at radius 2 is 2.21 bits per heavy atom. The smallest absolute Gasteiger partial charge is 0.225 e. The van der Waals surface area contributed by atoms with Gasteiger partial charge in [-0.1, -0.05) is 11.6 Å². The third kappa shape index (κ3) is 2.45. The minimum absolute atomic E-state index is 0.0890. The van der Waals surface area contributed by atoms with Crippen molar-refractivity contribution in [1.82, 2.24) is 14.9 Å². The van der Waals surface area contributed by atoms with E-state index in [1.54, 1.807) is 7.05 Å². The van der Waals surface area contributed by atoms with Crippen LogP contribution < -0.4 is 10.6 Å². The van der Waals surface area contributed by atoms with Crippen LogP contribution in [0.4, 0.5) is 11.5 Å². The van der Waals surface area contributed by atoms with Gasteiger partial charge in [0.25, 0.3) is 0 Å². The SMILES string of the molecule is CNc1c(Cl)ncnc1NC1CC(=O)N(C2CC2)C1. The van der Waals surface area contributed by atoms with Gasteiger partial charge in [0.05, 0.1) is 6.04 Å². The molecule has 0 spiro atoms. The first-order valence-corrected chi connectivity index (χ1v) is 6.81. The lowest BCUT2D eigenvalue weighted by Crippen LogP contribution is -2.30. The van der Waals surface area contributed by atoms with Crippen LogP contribution >= 0.6 is 11.6 Å². The molecule has 1 saturated carbocycles. The zero-order valence-electron chi connectivity index (χ0n) is 10.7. The summed E-state index contributed by atoms with van der Waals surface area (Å²) in [6, 6.07) is 0.559. The average Bonchev–Trinajstić information content (AvgIpc) is 3.15. The van der Waals surface area contributed by atoms with Gasteiger partial charge in [-0.3, -0.25) is 4.79 Å². The number of carbonyl (C=O) groups is 1. The van der Waals surface area contributed by atoms with E-state index in [-0.39, 0.29) is 11.9 Å². The summed E-state index contributed by atoms with van der Waals surface area (Å²) in [5.41, 5.74) is 0.668. The van der Waals surface area contributed by atoms with Crippen molar-refractivity contribution in [2.24, 2.45) is 0 Å².